The molecule has 3 aromatic carbocycles. The van der Waals surface area contributed by atoms with Crippen molar-refractivity contribution in [3.05, 3.63) is 101 Å². The van der Waals surface area contributed by atoms with Crippen LogP contribution in [0.3, 0.4) is 0 Å². The van der Waals surface area contributed by atoms with E-state index in [2.05, 4.69) is 26.1 Å². The number of rotatable bonds is 11. The lowest BCUT2D eigenvalue weighted by molar-refractivity contribution is -0.143. The van der Waals surface area contributed by atoms with E-state index in [1.165, 1.54) is 5.56 Å². The maximum atomic E-state index is 13.8. The Kier molecular flexibility index (Phi) is 10.1. The summed E-state index contributed by atoms with van der Waals surface area (Å²) in [6.45, 7) is 12.7. The van der Waals surface area contributed by atoms with Crippen molar-refractivity contribution in [3.63, 3.8) is 0 Å². The van der Waals surface area contributed by atoms with Crippen LogP contribution in [0.15, 0.2) is 78.9 Å². The number of nitrogens with zero attached hydrogens (tertiary/aromatic N) is 1. The fourth-order valence-electron chi connectivity index (χ4n) is 4.25. The summed E-state index contributed by atoms with van der Waals surface area (Å²) in [5.41, 5.74) is 4.31. The van der Waals surface area contributed by atoms with Gasteiger partial charge in [-0.25, -0.2) is 0 Å². The highest BCUT2D eigenvalue weighted by Crippen LogP contribution is 2.24. The molecule has 38 heavy (non-hydrogen) atoms. The van der Waals surface area contributed by atoms with Crippen LogP contribution in [-0.4, -0.2) is 35.4 Å². The molecule has 5 nitrogen and oxygen atoms in total. The number of benzene rings is 3. The number of carbonyl (C=O) groups is 2. The Morgan fingerprint density at radius 3 is 2.16 bits per heavy atom. The van der Waals surface area contributed by atoms with Gasteiger partial charge >= 0.3 is 0 Å². The molecule has 5 heteroatoms. The van der Waals surface area contributed by atoms with Crippen molar-refractivity contribution in [2.75, 3.05) is 6.61 Å². The summed E-state index contributed by atoms with van der Waals surface area (Å²) < 4.78 is 5.94. The fraction of sp³-hybridized carbons (Fsp3) is 0.394. The van der Waals surface area contributed by atoms with Crippen LogP contribution < -0.4 is 10.1 Å². The Hall–Kier alpha value is -3.60. The molecule has 0 radical (unpaired) electrons. The molecule has 2 amide bonds. The number of carbonyl (C=O) groups excluding carboxylic acids is 2. The van der Waals surface area contributed by atoms with Crippen LogP contribution in [0.2, 0.25) is 0 Å². The number of amides is 2. The van der Waals surface area contributed by atoms with E-state index in [0.29, 0.717) is 18.7 Å². The van der Waals surface area contributed by atoms with E-state index in [0.717, 1.165) is 23.1 Å². The second-order valence-electron chi connectivity index (χ2n) is 11.0. The number of ether oxygens (including phenoxy) is 1. The quantitative estimate of drug-likeness (QED) is 0.330. The van der Waals surface area contributed by atoms with Gasteiger partial charge in [-0.15, -0.1) is 0 Å². The van der Waals surface area contributed by atoms with Gasteiger partial charge in [0.05, 0.1) is 0 Å². The molecule has 0 aliphatic rings. The van der Waals surface area contributed by atoms with E-state index in [1.54, 1.807) is 4.90 Å². The molecular weight excluding hydrogens is 472 g/mol. The lowest BCUT2D eigenvalue weighted by atomic mass is 9.87. The summed E-state index contributed by atoms with van der Waals surface area (Å²) in [5.74, 6) is 0.249. The molecule has 0 saturated carbocycles. The van der Waals surface area contributed by atoms with Gasteiger partial charge in [0.25, 0.3) is 5.91 Å². The largest absolute Gasteiger partial charge is 0.484 e. The van der Waals surface area contributed by atoms with Gasteiger partial charge in [-0.3, -0.25) is 9.59 Å². The predicted octanol–water partition coefficient (Wildman–Crippen LogP) is 6.23. The molecule has 0 heterocycles. The highest BCUT2D eigenvalue weighted by atomic mass is 16.5. The molecule has 0 aromatic heterocycles. The molecule has 202 valence electrons. The van der Waals surface area contributed by atoms with Crippen LogP contribution in [0.5, 0.6) is 5.75 Å². The molecule has 0 saturated heterocycles. The number of hydrogen-bond donors (Lipinski definition) is 1. The summed E-state index contributed by atoms with van der Waals surface area (Å²) >= 11 is 0. The second-order valence-corrected chi connectivity index (χ2v) is 11.0. The normalized spacial score (nSPS) is 12.9. The van der Waals surface area contributed by atoms with Gasteiger partial charge < -0.3 is 15.0 Å². The minimum atomic E-state index is -0.676. The van der Waals surface area contributed by atoms with E-state index < -0.39 is 6.04 Å². The first-order valence-corrected chi connectivity index (χ1v) is 13.5. The first kappa shape index (κ1) is 29.0. The smallest absolute Gasteiger partial charge is 0.261 e. The summed E-state index contributed by atoms with van der Waals surface area (Å²) in [6.07, 6.45) is 1.23. The molecule has 0 unspecified atom stereocenters. The zero-order chi connectivity index (χ0) is 27.7. The Labute approximate surface area is 228 Å². The van der Waals surface area contributed by atoms with Crippen molar-refractivity contribution in [2.24, 2.45) is 0 Å². The van der Waals surface area contributed by atoms with E-state index in [-0.39, 0.29) is 29.9 Å². The molecule has 0 aliphatic carbocycles. The SMILES string of the molecule is CC[C@H](C)NC(=O)[C@@H](Cc1ccccc1)N(Cc1ccccc1C)C(=O)COc1ccc(C(C)(C)C)cc1. The van der Waals surface area contributed by atoms with Crippen LogP contribution in [0.4, 0.5) is 0 Å². The maximum Gasteiger partial charge on any atom is 0.261 e. The third-order valence-corrected chi connectivity index (χ3v) is 6.96. The minimum absolute atomic E-state index is 0.00812. The Morgan fingerprint density at radius 1 is 0.921 bits per heavy atom. The van der Waals surface area contributed by atoms with E-state index >= 15 is 0 Å². The Morgan fingerprint density at radius 2 is 1.55 bits per heavy atom. The molecule has 0 spiro atoms. The van der Waals surface area contributed by atoms with Gasteiger partial charge in [-0.05, 0) is 60.1 Å². The van der Waals surface area contributed by atoms with Crippen molar-refractivity contribution in [1.29, 1.82) is 0 Å². The van der Waals surface area contributed by atoms with Crippen molar-refractivity contribution in [2.45, 2.75) is 78.4 Å². The third kappa shape index (κ3) is 8.20. The molecule has 1 N–H and O–H groups in total. The molecule has 0 bridgehead atoms. The van der Waals surface area contributed by atoms with Gasteiger partial charge in [0, 0.05) is 19.0 Å². The lowest BCUT2D eigenvalue weighted by Crippen LogP contribution is -2.53. The van der Waals surface area contributed by atoms with Gasteiger partial charge in [0.2, 0.25) is 5.91 Å². The number of aryl methyl sites for hydroxylation is 1. The lowest BCUT2D eigenvalue weighted by Gasteiger charge is -2.32. The average Bonchev–Trinajstić information content (AvgIpc) is 2.90. The summed E-state index contributed by atoms with van der Waals surface area (Å²) in [4.78, 5) is 29.0. The van der Waals surface area contributed by atoms with Crippen LogP contribution in [0, 0.1) is 6.92 Å². The molecule has 0 aliphatic heterocycles. The standard InChI is InChI=1S/C33H42N2O3/c1-7-25(3)34-32(37)30(21-26-14-9-8-10-15-26)35(22-27-16-12-11-13-24(27)2)31(36)23-38-29-19-17-28(18-20-29)33(4,5)6/h8-20,25,30H,7,21-23H2,1-6H3,(H,34,37)/t25-,30+/m0/s1. The topological polar surface area (TPSA) is 58.6 Å². The second kappa shape index (κ2) is 13.3. The molecular formula is C33H42N2O3. The van der Waals surface area contributed by atoms with Gasteiger partial charge in [0.1, 0.15) is 11.8 Å². The first-order valence-electron chi connectivity index (χ1n) is 13.5. The fourth-order valence-corrected chi connectivity index (χ4v) is 4.25. The average molecular weight is 515 g/mol. The maximum absolute atomic E-state index is 13.8. The van der Waals surface area contributed by atoms with Crippen molar-refractivity contribution in [3.8, 4) is 5.75 Å². The van der Waals surface area contributed by atoms with E-state index in [1.807, 2.05) is 99.6 Å². The van der Waals surface area contributed by atoms with Crippen LogP contribution in [0.1, 0.15) is 63.3 Å². The van der Waals surface area contributed by atoms with Gasteiger partial charge in [0.15, 0.2) is 6.61 Å². The van der Waals surface area contributed by atoms with Crippen LogP contribution >= 0.6 is 0 Å². The zero-order valence-corrected chi connectivity index (χ0v) is 23.7. The molecule has 0 fully saturated rings. The van der Waals surface area contributed by atoms with Crippen LogP contribution in [0.25, 0.3) is 0 Å². The highest BCUT2D eigenvalue weighted by Gasteiger charge is 2.31. The van der Waals surface area contributed by atoms with Crippen LogP contribution in [-0.2, 0) is 28.0 Å². The minimum Gasteiger partial charge on any atom is -0.484 e. The molecule has 3 aromatic rings. The predicted molar refractivity (Wildman–Crippen MR) is 154 cm³/mol. The summed E-state index contributed by atoms with van der Waals surface area (Å²) in [5, 5.41) is 3.11. The van der Waals surface area contributed by atoms with E-state index in [9.17, 15) is 9.59 Å². The number of hydrogen-bond acceptors (Lipinski definition) is 3. The molecule has 2 atom stereocenters. The van der Waals surface area contributed by atoms with Gasteiger partial charge in [-0.2, -0.15) is 0 Å². The summed E-state index contributed by atoms with van der Waals surface area (Å²) in [6, 6.07) is 25.0. The van der Waals surface area contributed by atoms with Crippen molar-refractivity contribution >= 4 is 11.8 Å². The Bertz CT molecular complexity index is 1180. The van der Waals surface area contributed by atoms with Crippen molar-refractivity contribution < 1.29 is 14.3 Å². The Balaban J connectivity index is 1.90. The van der Waals surface area contributed by atoms with E-state index in [4.69, 9.17) is 4.74 Å². The zero-order valence-electron chi connectivity index (χ0n) is 23.7. The third-order valence-electron chi connectivity index (χ3n) is 6.96. The summed E-state index contributed by atoms with van der Waals surface area (Å²) in [7, 11) is 0. The highest BCUT2D eigenvalue weighted by molar-refractivity contribution is 5.88. The van der Waals surface area contributed by atoms with Crippen molar-refractivity contribution in [1.82, 2.24) is 10.2 Å². The number of nitrogens with one attached hydrogen (secondary N) is 1. The molecule has 3 rings (SSSR count). The van der Waals surface area contributed by atoms with Gasteiger partial charge in [-0.1, -0.05) is 94.4 Å². The first-order chi connectivity index (χ1) is 18.1. The monoisotopic (exact) mass is 514 g/mol.